The van der Waals surface area contributed by atoms with Crippen molar-refractivity contribution in [2.75, 3.05) is 11.8 Å². The Morgan fingerprint density at radius 2 is 1.72 bits per heavy atom. The van der Waals surface area contributed by atoms with Gasteiger partial charge in [-0.2, -0.15) is 0 Å². The lowest BCUT2D eigenvalue weighted by molar-refractivity contribution is 0.0923. The molecular weight excluding hydrogens is 412 g/mol. The number of halogens is 1. The molecule has 0 unspecified atom stereocenters. The fraction of sp³-hybridized carbons (Fsp3) is 0.381. The van der Waals surface area contributed by atoms with Crippen molar-refractivity contribution in [3.8, 4) is 5.75 Å². The first-order chi connectivity index (χ1) is 13.8. The van der Waals surface area contributed by atoms with Crippen molar-refractivity contribution in [2.45, 2.75) is 43.5 Å². The second-order valence-corrected chi connectivity index (χ2v) is 9.47. The van der Waals surface area contributed by atoms with Gasteiger partial charge in [0, 0.05) is 17.3 Å². The van der Waals surface area contributed by atoms with E-state index in [0.29, 0.717) is 17.4 Å². The minimum Gasteiger partial charge on any atom is -0.497 e. The van der Waals surface area contributed by atoms with Crippen molar-refractivity contribution < 1.29 is 17.9 Å². The fourth-order valence-electron chi connectivity index (χ4n) is 3.39. The Kier molecular flexibility index (Phi) is 6.70. The standard InChI is InChI=1S/C21H25ClN2O4S/c1-14-3-6-16(7-4-14)23-21(25)15-5-12-19(22)20(13-15)29(26,27)24-17-8-10-18(28-2)11-9-17/h5,8-14,16,24H,3-4,6-7H2,1-2H3,(H,23,25). The Morgan fingerprint density at radius 3 is 2.34 bits per heavy atom. The third kappa shape index (κ3) is 5.42. The largest absolute Gasteiger partial charge is 0.497 e. The smallest absolute Gasteiger partial charge is 0.263 e. The van der Waals surface area contributed by atoms with Gasteiger partial charge in [-0.25, -0.2) is 8.42 Å². The van der Waals surface area contributed by atoms with Crippen molar-refractivity contribution in [1.82, 2.24) is 5.32 Å². The summed E-state index contributed by atoms with van der Waals surface area (Å²) in [5.74, 6) is 1.00. The van der Waals surface area contributed by atoms with Crippen LogP contribution >= 0.6 is 11.6 Å². The molecule has 0 bridgehead atoms. The van der Waals surface area contributed by atoms with Gasteiger partial charge in [0.05, 0.1) is 12.1 Å². The van der Waals surface area contributed by atoms with Gasteiger partial charge in [-0.15, -0.1) is 0 Å². The number of amides is 1. The number of anilines is 1. The number of nitrogens with one attached hydrogen (secondary N) is 2. The Bertz CT molecular complexity index is 969. The van der Waals surface area contributed by atoms with Crippen LogP contribution in [0.25, 0.3) is 0 Å². The monoisotopic (exact) mass is 436 g/mol. The number of rotatable bonds is 6. The zero-order valence-corrected chi connectivity index (χ0v) is 18.0. The summed E-state index contributed by atoms with van der Waals surface area (Å²) in [7, 11) is -2.43. The molecule has 3 rings (SSSR count). The number of ether oxygens (including phenoxy) is 1. The van der Waals surface area contributed by atoms with E-state index >= 15 is 0 Å². The molecule has 1 fully saturated rings. The normalized spacial score (nSPS) is 19.4. The lowest BCUT2D eigenvalue weighted by Crippen LogP contribution is -2.37. The first-order valence-corrected chi connectivity index (χ1v) is 11.4. The van der Waals surface area contributed by atoms with E-state index in [1.165, 1.54) is 25.3 Å². The molecule has 2 N–H and O–H groups in total. The second-order valence-electron chi connectivity index (χ2n) is 7.41. The van der Waals surface area contributed by atoms with Gasteiger partial charge in [-0.3, -0.25) is 9.52 Å². The van der Waals surface area contributed by atoms with Gasteiger partial charge in [0.15, 0.2) is 0 Å². The molecule has 1 aliphatic rings. The molecule has 6 nitrogen and oxygen atoms in total. The van der Waals surface area contributed by atoms with Crippen molar-refractivity contribution in [1.29, 1.82) is 0 Å². The summed E-state index contributed by atoms with van der Waals surface area (Å²) in [4.78, 5) is 12.5. The molecule has 29 heavy (non-hydrogen) atoms. The third-order valence-corrected chi connectivity index (χ3v) is 7.04. The highest BCUT2D eigenvalue weighted by molar-refractivity contribution is 7.92. The first kappa shape index (κ1) is 21.5. The molecule has 156 valence electrons. The number of hydrogen-bond acceptors (Lipinski definition) is 4. The molecule has 0 atom stereocenters. The average molecular weight is 437 g/mol. The molecule has 1 saturated carbocycles. The fourth-order valence-corrected chi connectivity index (χ4v) is 4.98. The van der Waals surface area contributed by atoms with Crippen LogP contribution in [0.15, 0.2) is 47.4 Å². The van der Waals surface area contributed by atoms with E-state index in [2.05, 4.69) is 17.0 Å². The van der Waals surface area contributed by atoms with Gasteiger partial charge in [0.2, 0.25) is 0 Å². The predicted octanol–water partition coefficient (Wildman–Crippen LogP) is 4.46. The molecule has 0 aliphatic heterocycles. The van der Waals surface area contributed by atoms with E-state index in [-0.39, 0.29) is 27.4 Å². The molecule has 1 amide bonds. The molecule has 1 aliphatic carbocycles. The molecule has 0 heterocycles. The summed E-state index contributed by atoms with van der Waals surface area (Å²) in [6.07, 6.45) is 4.03. The molecule has 0 radical (unpaired) electrons. The zero-order valence-electron chi connectivity index (χ0n) is 16.4. The van der Waals surface area contributed by atoms with Crippen LogP contribution in [0.5, 0.6) is 5.75 Å². The van der Waals surface area contributed by atoms with Gasteiger partial charge in [-0.05, 0) is 74.1 Å². The van der Waals surface area contributed by atoms with Crippen molar-refractivity contribution in [2.24, 2.45) is 5.92 Å². The first-order valence-electron chi connectivity index (χ1n) is 9.56. The minimum atomic E-state index is -3.96. The number of carbonyl (C=O) groups is 1. The molecule has 0 spiro atoms. The van der Waals surface area contributed by atoms with Crippen molar-refractivity contribution >= 4 is 33.2 Å². The maximum absolute atomic E-state index is 12.8. The number of sulfonamides is 1. The Hall–Kier alpha value is -2.25. The summed E-state index contributed by atoms with van der Waals surface area (Å²) < 4.78 is 33.2. The highest BCUT2D eigenvalue weighted by atomic mass is 35.5. The summed E-state index contributed by atoms with van der Waals surface area (Å²) in [5.41, 5.74) is 0.635. The molecule has 2 aromatic rings. The lowest BCUT2D eigenvalue weighted by Gasteiger charge is -2.27. The molecule has 2 aromatic carbocycles. The maximum atomic E-state index is 12.8. The number of hydrogen-bond donors (Lipinski definition) is 2. The van der Waals surface area contributed by atoms with E-state index in [0.717, 1.165) is 25.7 Å². The molecule has 0 aromatic heterocycles. The predicted molar refractivity (Wildman–Crippen MR) is 114 cm³/mol. The van der Waals surface area contributed by atoms with Crippen LogP contribution in [0.3, 0.4) is 0 Å². The van der Waals surface area contributed by atoms with Crippen LogP contribution in [0, 0.1) is 5.92 Å². The number of methoxy groups -OCH3 is 1. The topological polar surface area (TPSA) is 84.5 Å². The van der Waals surface area contributed by atoms with Crippen LogP contribution in [0.4, 0.5) is 5.69 Å². The summed E-state index contributed by atoms with van der Waals surface area (Å²) in [6.45, 7) is 2.21. The van der Waals surface area contributed by atoms with Gasteiger partial charge in [0.1, 0.15) is 10.6 Å². The zero-order chi connectivity index (χ0) is 21.0. The van der Waals surface area contributed by atoms with Crippen LogP contribution in [0.2, 0.25) is 5.02 Å². The van der Waals surface area contributed by atoms with Crippen LogP contribution in [0.1, 0.15) is 43.0 Å². The van der Waals surface area contributed by atoms with E-state index in [1.807, 2.05) is 0 Å². The molecule has 8 heteroatoms. The highest BCUT2D eigenvalue weighted by Gasteiger charge is 2.23. The van der Waals surface area contributed by atoms with Crippen molar-refractivity contribution in [3.05, 3.63) is 53.1 Å². The Morgan fingerprint density at radius 1 is 1.07 bits per heavy atom. The summed E-state index contributed by atoms with van der Waals surface area (Å²) in [6, 6.07) is 10.9. The summed E-state index contributed by atoms with van der Waals surface area (Å²) >= 11 is 6.14. The maximum Gasteiger partial charge on any atom is 0.263 e. The SMILES string of the molecule is COc1ccc(NS(=O)(=O)c2cc(C(=O)NC3CCC(C)CC3)ccc2Cl)cc1. The number of carbonyl (C=O) groups excluding carboxylic acids is 1. The van der Waals surface area contributed by atoms with Gasteiger partial charge >= 0.3 is 0 Å². The van der Waals surface area contributed by atoms with Gasteiger partial charge in [0.25, 0.3) is 15.9 Å². The molecule has 0 saturated heterocycles. The minimum absolute atomic E-state index is 0.0500. The van der Waals surface area contributed by atoms with Crippen LogP contribution in [-0.4, -0.2) is 27.5 Å². The lowest BCUT2D eigenvalue weighted by atomic mass is 9.87. The Balaban J connectivity index is 1.77. The van der Waals surface area contributed by atoms with Crippen LogP contribution < -0.4 is 14.8 Å². The second kappa shape index (κ2) is 9.05. The molecular formula is C21H25ClN2O4S. The van der Waals surface area contributed by atoms with Crippen molar-refractivity contribution in [3.63, 3.8) is 0 Å². The third-order valence-electron chi connectivity index (χ3n) is 5.18. The summed E-state index contributed by atoms with van der Waals surface area (Å²) in [5, 5.41) is 3.06. The quantitative estimate of drug-likeness (QED) is 0.700. The van der Waals surface area contributed by atoms with E-state index < -0.39 is 10.0 Å². The average Bonchev–Trinajstić information content (AvgIpc) is 2.70. The van der Waals surface area contributed by atoms with E-state index in [1.54, 1.807) is 24.3 Å². The van der Waals surface area contributed by atoms with Gasteiger partial charge in [-0.1, -0.05) is 18.5 Å². The van der Waals surface area contributed by atoms with E-state index in [9.17, 15) is 13.2 Å². The van der Waals surface area contributed by atoms with E-state index in [4.69, 9.17) is 16.3 Å². The Labute approximate surface area is 176 Å². The number of benzene rings is 2. The highest BCUT2D eigenvalue weighted by Crippen LogP contribution is 2.27. The van der Waals surface area contributed by atoms with Crippen LogP contribution in [-0.2, 0) is 10.0 Å². The van der Waals surface area contributed by atoms with Gasteiger partial charge < -0.3 is 10.1 Å².